The van der Waals surface area contributed by atoms with Crippen molar-refractivity contribution in [3.8, 4) is 0 Å². The number of hydrogen-bond acceptors (Lipinski definition) is 1. The maximum absolute atomic E-state index is 3.61. The molecule has 26 heavy (non-hydrogen) atoms. The maximum Gasteiger partial charge on any atom is 0.0637 e. The third-order valence-electron chi connectivity index (χ3n) is 5.72. The van der Waals surface area contributed by atoms with Gasteiger partial charge in [0, 0.05) is 38.8 Å². The Hall–Kier alpha value is -3.26. The molecule has 0 saturated carbocycles. The average Bonchev–Trinajstić information content (AvgIpc) is 3.22. The molecule has 0 bridgehead atoms. The van der Waals surface area contributed by atoms with Gasteiger partial charge >= 0.3 is 0 Å². The van der Waals surface area contributed by atoms with Gasteiger partial charge in [0.05, 0.1) is 6.04 Å². The van der Waals surface area contributed by atoms with Crippen molar-refractivity contribution in [1.82, 2.24) is 4.98 Å². The number of anilines is 2. The Morgan fingerprint density at radius 1 is 0.731 bits per heavy atom. The summed E-state index contributed by atoms with van der Waals surface area (Å²) in [6.45, 7) is 0. The molecule has 1 aromatic heterocycles. The highest BCUT2D eigenvalue weighted by atomic mass is 15.2. The van der Waals surface area contributed by atoms with Gasteiger partial charge in [0.15, 0.2) is 0 Å². The fourth-order valence-electron chi connectivity index (χ4n) is 4.61. The molecule has 124 valence electrons. The quantitative estimate of drug-likeness (QED) is 0.556. The fraction of sp³-hybridized carbons (Fsp3) is 0.0833. The summed E-state index contributed by atoms with van der Waals surface area (Å²) in [6, 6.07) is 28.4. The first-order valence-electron chi connectivity index (χ1n) is 9.14. The lowest BCUT2D eigenvalue weighted by atomic mass is 9.90. The van der Waals surface area contributed by atoms with Crippen LogP contribution in [0.3, 0.4) is 0 Å². The Balaban J connectivity index is 1.66. The zero-order chi connectivity index (χ0) is 17.1. The van der Waals surface area contributed by atoms with Crippen LogP contribution in [-0.2, 0) is 0 Å². The Kier molecular flexibility index (Phi) is 2.75. The molecule has 0 saturated heterocycles. The molecule has 0 spiro atoms. The van der Waals surface area contributed by atoms with Gasteiger partial charge in [-0.3, -0.25) is 0 Å². The highest BCUT2D eigenvalue weighted by Gasteiger charge is 2.37. The smallest absolute Gasteiger partial charge is 0.0637 e. The number of nitrogens with one attached hydrogen (secondary N) is 1. The first-order chi connectivity index (χ1) is 12.9. The molecule has 0 fully saturated rings. The van der Waals surface area contributed by atoms with Gasteiger partial charge < -0.3 is 9.88 Å². The predicted octanol–water partition coefficient (Wildman–Crippen LogP) is 4.05. The van der Waals surface area contributed by atoms with E-state index in [9.17, 15) is 0 Å². The second kappa shape index (κ2) is 5.12. The van der Waals surface area contributed by atoms with Crippen molar-refractivity contribution in [1.29, 1.82) is 0 Å². The molecule has 0 amide bonds. The van der Waals surface area contributed by atoms with Gasteiger partial charge in [-0.15, -0.1) is 0 Å². The van der Waals surface area contributed by atoms with Crippen LogP contribution < -0.4 is 15.5 Å². The first kappa shape index (κ1) is 14.0. The monoisotopic (exact) mass is 334 g/mol. The highest BCUT2D eigenvalue weighted by molar-refractivity contribution is 5.86. The molecular formula is C24H18N2. The van der Waals surface area contributed by atoms with E-state index in [2.05, 4.69) is 101 Å². The normalized spacial score (nSPS) is 20.1. The Bertz CT molecular complexity index is 1250. The first-order valence-corrected chi connectivity index (χ1v) is 9.14. The van der Waals surface area contributed by atoms with Crippen molar-refractivity contribution in [2.75, 3.05) is 4.90 Å². The van der Waals surface area contributed by atoms with Gasteiger partial charge in [-0.1, -0.05) is 66.7 Å². The molecule has 2 nitrogen and oxygen atoms in total. The van der Waals surface area contributed by atoms with Crippen molar-refractivity contribution in [3.63, 3.8) is 0 Å². The number of H-pyrrole nitrogens is 1. The minimum atomic E-state index is 0.307. The molecule has 1 aliphatic carbocycles. The summed E-state index contributed by atoms with van der Waals surface area (Å²) < 4.78 is 0. The number of aromatic amines is 1. The second-order valence-electron chi connectivity index (χ2n) is 7.11. The van der Waals surface area contributed by atoms with Crippen LogP contribution >= 0.6 is 0 Å². The van der Waals surface area contributed by atoms with E-state index in [1.165, 1.54) is 38.4 Å². The van der Waals surface area contributed by atoms with Crippen molar-refractivity contribution >= 4 is 34.4 Å². The van der Waals surface area contributed by atoms with E-state index >= 15 is 0 Å². The number of nitrogens with zero attached hydrogens (tertiary/aromatic N) is 1. The van der Waals surface area contributed by atoms with Crippen LogP contribution in [0.25, 0.3) is 23.1 Å². The number of fused-ring (bicyclic) bond motifs is 6. The van der Waals surface area contributed by atoms with Crippen LogP contribution in [0.2, 0.25) is 0 Å². The third kappa shape index (κ3) is 1.81. The van der Waals surface area contributed by atoms with Crippen LogP contribution in [0.15, 0.2) is 78.9 Å². The highest BCUT2D eigenvalue weighted by Crippen LogP contribution is 2.46. The molecule has 2 aliphatic rings. The fourth-order valence-corrected chi connectivity index (χ4v) is 4.61. The molecule has 2 unspecified atom stereocenters. The van der Waals surface area contributed by atoms with E-state index < -0.39 is 0 Å². The number of benzene rings is 3. The number of para-hydroxylation sites is 3. The Labute approximate surface area is 151 Å². The van der Waals surface area contributed by atoms with E-state index in [-0.39, 0.29) is 0 Å². The topological polar surface area (TPSA) is 19.0 Å². The van der Waals surface area contributed by atoms with Gasteiger partial charge in [0.1, 0.15) is 0 Å². The largest absolute Gasteiger partial charge is 0.355 e. The van der Waals surface area contributed by atoms with Crippen LogP contribution in [0.5, 0.6) is 0 Å². The van der Waals surface area contributed by atoms with Gasteiger partial charge in [0.25, 0.3) is 0 Å². The standard InChI is InChI=1S/C24H18N2/c1-2-8-16(9-3-1)26-23-13-7-5-11-18(23)20-14-22-19(15-24(20)26)17-10-4-6-12-21(17)25-22/h1-15,20,24-25H. The lowest BCUT2D eigenvalue weighted by Crippen LogP contribution is -2.37. The maximum atomic E-state index is 3.61. The zero-order valence-electron chi connectivity index (χ0n) is 14.3. The summed E-state index contributed by atoms with van der Waals surface area (Å²) in [5.74, 6) is 0.368. The Morgan fingerprint density at radius 3 is 2.42 bits per heavy atom. The summed E-state index contributed by atoms with van der Waals surface area (Å²) in [6.07, 6.45) is 4.87. The summed E-state index contributed by atoms with van der Waals surface area (Å²) >= 11 is 0. The number of hydrogen-bond donors (Lipinski definition) is 1. The van der Waals surface area contributed by atoms with Crippen LogP contribution in [0, 0.1) is 0 Å². The second-order valence-corrected chi connectivity index (χ2v) is 7.11. The average molecular weight is 334 g/mol. The minimum absolute atomic E-state index is 0.307. The van der Waals surface area contributed by atoms with E-state index in [4.69, 9.17) is 0 Å². The summed E-state index contributed by atoms with van der Waals surface area (Å²) in [5, 5.41) is 3.88. The summed E-state index contributed by atoms with van der Waals surface area (Å²) in [4.78, 5) is 6.10. The zero-order valence-corrected chi connectivity index (χ0v) is 14.3. The van der Waals surface area contributed by atoms with E-state index in [1.54, 1.807) is 0 Å². The SMILES string of the molecule is C1=c2[nH]c3ccccc3c2=CC2C1c1ccccc1N2c1ccccc1. The van der Waals surface area contributed by atoms with Gasteiger partial charge in [-0.05, 0) is 29.8 Å². The molecule has 2 heteroatoms. The number of rotatable bonds is 1. The lowest BCUT2D eigenvalue weighted by Gasteiger charge is -2.28. The molecule has 1 N–H and O–H groups in total. The summed E-state index contributed by atoms with van der Waals surface area (Å²) in [5.41, 5.74) is 5.18. The van der Waals surface area contributed by atoms with Crippen LogP contribution in [0.1, 0.15) is 11.5 Å². The van der Waals surface area contributed by atoms with Gasteiger partial charge in [0.2, 0.25) is 0 Å². The molecule has 1 aliphatic heterocycles. The molecule has 3 aromatic carbocycles. The van der Waals surface area contributed by atoms with E-state index in [0.717, 1.165) is 0 Å². The molecule has 0 radical (unpaired) electrons. The lowest BCUT2D eigenvalue weighted by molar-refractivity contribution is 0.801. The van der Waals surface area contributed by atoms with Crippen molar-refractivity contribution in [3.05, 3.63) is 95.0 Å². The van der Waals surface area contributed by atoms with Crippen molar-refractivity contribution in [2.24, 2.45) is 0 Å². The number of aromatic nitrogens is 1. The minimum Gasteiger partial charge on any atom is -0.355 e. The molecule has 2 heterocycles. The molecular weight excluding hydrogens is 316 g/mol. The van der Waals surface area contributed by atoms with Crippen LogP contribution in [-0.4, -0.2) is 11.0 Å². The van der Waals surface area contributed by atoms with Crippen molar-refractivity contribution in [2.45, 2.75) is 12.0 Å². The van der Waals surface area contributed by atoms with Gasteiger partial charge in [-0.2, -0.15) is 0 Å². The third-order valence-corrected chi connectivity index (χ3v) is 5.72. The predicted molar refractivity (Wildman–Crippen MR) is 108 cm³/mol. The Morgan fingerprint density at radius 2 is 1.50 bits per heavy atom. The van der Waals surface area contributed by atoms with Crippen LogP contribution in [0.4, 0.5) is 11.4 Å². The van der Waals surface area contributed by atoms with E-state index in [1.807, 2.05) is 0 Å². The van der Waals surface area contributed by atoms with Gasteiger partial charge in [-0.25, -0.2) is 0 Å². The summed E-state index contributed by atoms with van der Waals surface area (Å²) in [7, 11) is 0. The molecule has 4 aromatic rings. The molecule has 2 atom stereocenters. The van der Waals surface area contributed by atoms with E-state index in [0.29, 0.717) is 12.0 Å². The molecule has 6 rings (SSSR count). The van der Waals surface area contributed by atoms with Crippen molar-refractivity contribution < 1.29 is 0 Å².